The maximum absolute atomic E-state index is 11.6. The van der Waals surface area contributed by atoms with Crippen molar-refractivity contribution >= 4 is 21.2 Å². The normalized spacial score (nSPS) is 15.4. The lowest BCUT2D eigenvalue weighted by Gasteiger charge is -2.34. The van der Waals surface area contributed by atoms with Crippen LogP contribution in [0, 0.1) is 6.92 Å². The smallest absolute Gasteiger partial charge is 0.268 e. The molecule has 2 N–H and O–H groups in total. The van der Waals surface area contributed by atoms with Gasteiger partial charge in [0.1, 0.15) is 11.5 Å². The Bertz CT molecular complexity index is 1210. The molecular formula is C27H38O10P2-2. The highest BCUT2D eigenvalue weighted by molar-refractivity contribution is 7.45. The number of ether oxygens (including phenoxy) is 2. The van der Waals surface area contributed by atoms with Gasteiger partial charge in [0, 0.05) is 27.7 Å². The second kappa shape index (κ2) is 12.7. The van der Waals surface area contributed by atoms with Crippen LogP contribution in [0.2, 0.25) is 0 Å². The van der Waals surface area contributed by atoms with E-state index in [1.807, 2.05) is 32.0 Å². The summed E-state index contributed by atoms with van der Waals surface area (Å²) in [6.07, 6.45) is 3.35. The Morgan fingerprint density at radius 1 is 0.923 bits per heavy atom. The molecule has 0 spiro atoms. The molecule has 2 rings (SSSR count). The van der Waals surface area contributed by atoms with Crippen LogP contribution >= 0.6 is 15.6 Å². The molecule has 0 bridgehead atoms. The van der Waals surface area contributed by atoms with Crippen LogP contribution in [-0.4, -0.2) is 21.4 Å². The fourth-order valence-corrected chi connectivity index (χ4v) is 5.34. The molecule has 0 fully saturated rings. The predicted molar refractivity (Wildman–Crippen MR) is 146 cm³/mol. The van der Waals surface area contributed by atoms with Crippen molar-refractivity contribution in [3.05, 3.63) is 53.6 Å². The first-order valence-electron chi connectivity index (χ1n) is 12.5. The maximum Gasteiger partial charge on any atom is 0.268 e. The molecule has 218 valence electrons. The van der Waals surface area contributed by atoms with E-state index < -0.39 is 27.2 Å². The fraction of sp³-hybridized carbons (Fsp3) is 0.481. The van der Waals surface area contributed by atoms with E-state index in [-0.39, 0.29) is 11.5 Å². The lowest BCUT2D eigenvalue weighted by Crippen LogP contribution is -2.34. The molecule has 0 aliphatic rings. The first-order valence-corrected chi connectivity index (χ1v) is 15.5. The van der Waals surface area contributed by atoms with Gasteiger partial charge >= 0.3 is 0 Å². The fourth-order valence-electron chi connectivity index (χ4n) is 4.15. The first kappa shape index (κ1) is 33.2. The van der Waals surface area contributed by atoms with E-state index >= 15 is 0 Å². The average molecular weight is 585 g/mol. The first-order chi connectivity index (χ1) is 17.7. The highest BCUT2D eigenvalue weighted by Crippen LogP contribution is 2.48. The topological polar surface area (TPSA) is 158 Å². The van der Waals surface area contributed by atoms with Crippen LogP contribution in [0.25, 0.3) is 16.7 Å². The SMILES string of the molecule is C=C(C)c1ccc(C)cc1-c1c(OC(C)(C)OP(=O)([O-])O)cc(CCCCC)cc1OC(C)(C)OP(=O)([O-])O. The van der Waals surface area contributed by atoms with Gasteiger partial charge in [-0.2, -0.15) is 0 Å². The number of hydrogen-bond donors (Lipinski definition) is 2. The van der Waals surface area contributed by atoms with Gasteiger partial charge < -0.3 is 29.0 Å². The Morgan fingerprint density at radius 2 is 1.41 bits per heavy atom. The third-order valence-electron chi connectivity index (χ3n) is 5.48. The third kappa shape index (κ3) is 10.8. The summed E-state index contributed by atoms with van der Waals surface area (Å²) >= 11 is 0. The molecule has 0 saturated heterocycles. The largest absolute Gasteiger partial charge is 0.756 e. The van der Waals surface area contributed by atoms with Crippen molar-refractivity contribution in [2.75, 3.05) is 0 Å². The number of unbranched alkanes of at least 4 members (excludes halogenated alkanes) is 2. The van der Waals surface area contributed by atoms with Gasteiger partial charge in [0.2, 0.25) is 11.6 Å². The van der Waals surface area contributed by atoms with E-state index in [4.69, 9.17) is 18.5 Å². The maximum atomic E-state index is 11.6. The van der Waals surface area contributed by atoms with Crippen LogP contribution in [0.4, 0.5) is 0 Å². The Morgan fingerprint density at radius 3 is 1.82 bits per heavy atom. The van der Waals surface area contributed by atoms with E-state index in [0.29, 0.717) is 23.1 Å². The van der Waals surface area contributed by atoms with Crippen molar-refractivity contribution in [2.24, 2.45) is 0 Å². The molecule has 12 heteroatoms. The van der Waals surface area contributed by atoms with Crippen LogP contribution in [0.5, 0.6) is 11.5 Å². The minimum atomic E-state index is -5.18. The minimum absolute atomic E-state index is 0.149. The zero-order valence-corrected chi connectivity index (χ0v) is 25.3. The molecule has 2 aromatic rings. The van der Waals surface area contributed by atoms with Crippen molar-refractivity contribution in [2.45, 2.75) is 85.7 Å². The molecule has 0 amide bonds. The molecule has 0 radical (unpaired) electrons. The molecule has 10 nitrogen and oxygen atoms in total. The zero-order valence-electron chi connectivity index (χ0n) is 23.5. The number of benzene rings is 2. The number of allylic oxidation sites excluding steroid dienone is 1. The van der Waals surface area contributed by atoms with E-state index in [9.17, 15) is 28.7 Å². The van der Waals surface area contributed by atoms with Crippen LogP contribution in [-0.2, 0) is 24.6 Å². The molecule has 2 atom stereocenters. The Hall–Kier alpha value is -2.00. The number of phosphoric acid groups is 2. The van der Waals surface area contributed by atoms with Gasteiger partial charge in [0.15, 0.2) is 0 Å². The van der Waals surface area contributed by atoms with Gasteiger partial charge in [-0.1, -0.05) is 55.7 Å². The molecule has 0 aliphatic heterocycles. The van der Waals surface area contributed by atoms with Crippen LogP contribution < -0.4 is 19.3 Å². The second-order valence-electron chi connectivity index (χ2n) is 10.4. The summed E-state index contributed by atoms with van der Waals surface area (Å²) in [5.41, 5.74) is 3.99. The predicted octanol–water partition coefficient (Wildman–Crippen LogP) is 5.61. The van der Waals surface area contributed by atoms with E-state index in [2.05, 4.69) is 13.5 Å². The summed E-state index contributed by atoms with van der Waals surface area (Å²) in [6, 6.07) is 9.05. The summed E-state index contributed by atoms with van der Waals surface area (Å²) in [5.74, 6) is -3.38. The third-order valence-corrected chi connectivity index (χ3v) is 6.82. The highest BCUT2D eigenvalue weighted by atomic mass is 31.2. The Balaban J connectivity index is 2.90. The van der Waals surface area contributed by atoms with Gasteiger partial charge in [-0.3, -0.25) is 18.2 Å². The lowest BCUT2D eigenvalue weighted by molar-refractivity contribution is -0.246. The molecule has 39 heavy (non-hydrogen) atoms. The summed E-state index contributed by atoms with van der Waals surface area (Å²) in [5, 5.41) is 0. The Labute approximate surface area is 230 Å². The van der Waals surface area contributed by atoms with E-state index in [1.54, 1.807) is 12.1 Å². The minimum Gasteiger partial charge on any atom is -0.756 e. The molecular weight excluding hydrogens is 546 g/mol. The quantitative estimate of drug-likeness (QED) is 0.162. The van der Waals surface area contributed by atoms with E-state index in [1.165, 1.54) is 27.7 Å². The van der Waals surface area contributed by atoms with Crippen molar-refractivity contribution < 1.29 is 47.2 Å². The van der Waals surface area contributed by atoms with Gasteiger partial charge in [0.25, 0.3) is 15.6 Å². The monoisotopic (exact) mass is 584 g/mol. The summed E-state index contributed by atoms with van der Waals surface area (Å²) < 4.78 is 44.9. The van der Waals surface area contributed by atoms with Gasteiger partial charge in [-0.05, 0) is 55.5 Å². The van der Waals surface area contributed by atoms with E-state index in [0.717, 1.165) is 36.0 Å². The number of rotatable bonds is 14. The second-order valence-corrected chi connectivity index (χ2v) is 12.6. The van der Waals surface area contributed by atoms with Crippen LogP contribution in [0.3, 0.4) is 0 Å². The van der Waals surface area contributed by atoms with Gasteiger partial charge in [-0.15, -0.1) is 0 Å². The van der Waals surface area contributed by atoms with Crippen molar-refractivity contribution in [3.63, 3.8) is 0 Å². The molecule has 2 aromatic carbocycles. The standard InChI is InChI=1S/C27H40O10P2/c1-9-10-11-12-20-16-23(34-26(5,6)36-38(28,29)30)25(22-15-19(4)13-14-21(22)18(2)3)24(17-20)35-27(7,8)37-39(31,32)33/h13-17H,2,9-12H2,1,3-8H3,(H2,28,29,30)(H2,31,32,33)/p-2. The van der Waals surface area contributed by atoms with Crippen LogP contribution in [0.15, 0.2) is 36.9 Å². The van der Waals surface area contributed by atoms with Crippen molar-refractivity contribution in [1.29, 1.82) is 0 Å². The van der Waals surface area contributed by atoms with Gasteiger partial charge in [-0.25, -0.2) is 0 Å². The molecule has 0 aliphatic carbocycles. The van der Waals surface area contributed by atoms with Gasteiger partial charge in [0.05, 0.1) is 5.56 Å². The molecule has 0 heterocycles. The number of aryl methyl sites for hydroxylation is 2. The number of hydrogen-bond acceptors (Lipinski definition) is 8. The highest BCUT2D eigenvalue weighted by Gasteiger charge is 2.32. The summed E-state index contributed by atoms with van der Waals surface area (Å²) in [6.45, 7) is 15.1. The van der Waals surface area contributed by atoms with Crippen molar-refractivity contribution in [1.82, 2.24) is 0 Å². The molecule has 0 aromatic heterocycles. The molecule has 0 saturated carbocycles. The lowest BCUT2D eigenvalue weighted by atomic mass is 9.91. The summed E-state index contributed by atoms with van der Waals surface area (Å²) in [4.78, 5) is 41.8. The average Bonchev–Trinajstić information content (AvgIpc) is 2.69. The number of phosphoric ester groups is 2. The Kier molecular flexibility index (Phi) is 10.8. The van der Waals surface area contributed by atoms with Crippen LogP contribution in [0.1, 0.15) is 77.5 Å². The zero-order chi connectivity index (χ0) is 29.8. The van der Waals surface area contributed by atoms with Crippen molar-refractivity contribution in [3.8, 4) is 22.6 Å². The molecule has 2 unspecified atom stereocenters. The summed E-state index contributed by atoms with van der Waals surface area (Å²) in [7, 11) is -10.4.